The Kier molecular flexibility index (Phi) is 2.62. The molecule has 0 bridgehead atoms. The summed E-state index contributed by atoms with van der Waals surface area (Å²) < 4.78 is 26.7. The predicted molar refractivity (Wildman–Crippen MR) is 54.5 cm³/mol. The second-order valence-corrected chi connectivity index (χ2v) is 4.34. The van der Waals surface area contributed by atoms with Crippen LogP contribution >= 0.6 is 11.6 Å². The summed E-state index contributed by atoms with van der Waals surface area (Å²) in [7, 11) is 0. The van der Waals surface area contributed by atoms with Gasteiger partial charge in [-0.2, -0.15) is 0 Å². The fourth-order valence-electron chi connectivity index (χ4n) is 2.02. The Morgan fingerprint density at radius 3 is 2.44 bits per heavy atom. The first-order chi connectivity index (χ1) is 7.49. The van der Waals surface area contributed by atoms with Crippen LogP contribution in [0.1, 0.15) is 24.8 Å². The zero-order valence-electron chi connectivity index (χ0n) is 8.27. The first kappa shape index (κ1) is 11.3. The topological polar surface area (TPSA) is 37.3 Å². The molecule has 1 aromatic rings. The molecule has 0 aliphatic heterocycles. The van der Waals surface area contributed by atoms with Crippen molar-refractivity contribution in [1.29, 1.82) is 0 Å². The number of aliphatic carboxylic acids is 1. The molecule has 16 heavy (non-hydrogen) atoms. The summed E-state index contributed by atoms with van der Waals surface area (Å²) in [4.78, 5) is 11.1. The minimum absolute atomic E-state index is 0.0161. The molecule has 0 radical (unpaired) electrons. The Morgan fingerprint density at radius 1 is 1.38 bits per heavy atom. The molecule has 0 atom stereocenters. The first-order valence-electron chi connectivity index (χ1n) is 4.86. The minimum atomic E-state index is -1.22. The van der Waals surface area contributed by atoms with Crippen molar-refractivity contribution >= 4 is 17.6 Å². The first-order valence-corrected chi connectivity index (χ1v) is 5.24. The van der Waals surface area contributed by atoms with Crippen molar-refractivity contribution in [1.82, 2.24) is 0 Å². The van der Waals surface area contributed by atoms with E-state index >= 15 is 0 Å². The van der Waals surface area contributed by atoms with Gasteiger partial charge in [-0.05, 0) is 18.9 Å². The van der Waals surface area contributed by atoms with Gasteiger partial charge in [0.15, 0.2) is 0 Å². The van der Waals surface area contributed by atoms with Crippen LogP contribution in [0.15, 0.2) is 12.1 Å². The third-order valence-corrected chi connectivity index (χ3v) is 3.51. The van der Waals surface area contributed by atoms with Gasteiger partial charge >= 0.3 is 5.97 Å². The van der Waals surface area contributed by atoms with Gasteiger partial charge < -0.3 is 5.11 Å². The van der Waals surface area contributed by atoms with Crippen LogP contribution < -0.4 is 0 Å². The van der Waals surface area contributed by atoms with E-state index in [4.69, 9.17) is 16.7 Å². The highest BCUT2D eigenvalue weighted by molar-refractivity contribution is 6.31. The van der Waals surface area contributed by atoms with Crippen molar-refractivity contribution in [3.8, 4) is 0 Å². The molecule has 0 unspecified atom stereocenters. The maximum atomic E-state index is 13.7. The standard InChI is InChI=1S/C11H9ClF2O2/c12-8-7(13)3-2-6(9(8)14)11(10(15)16)4-1-5-11/h2-3H,1,4-5H2,(H,15,16). The lowest BCUT2D eigenvalue weighted by Gasteiger charge is -2.38. The summed E-state index contributed by atoms with van der Waals surface area (Å²) in [6, 6.07) is 2.17. The third-order valence-electron chi connectivity index (χ3n) is 3.17. The summed E-state index contributed by atoms with van der Waals surface area (Å²) >= 11 is 5.43. The van der Waals surface area contributed by atoms with E-state index < -0.39 is 28.0 Å². The molecule has 2 rings (SSSR count). The second-order valence-electron chi connectivity index (χ2n) is 3.96. The maximum absolute atomic E-state index is 13.7. The van der Waals surface area contributed by atoms with Crippen molar-refractivity contribution in [2.75, 3.05) is 0 Å². The van der Waals surface area contributed by atoms with Crippen LogP contribution in [0.3, 0.4) is 0 Å². The number of hydrogen-bond acceptors (Lipinski definition) is 1. The maximum Gasteiger partial charge on any atom is 0.314 e. The van der Waals surface area contributed by atoms with Gasteiger partial charge in [-0.3, -0.25) is 4.79 Å². The summed E-state index contributed by atoms with van der Waals surface area (Å²) in [5.41, 5.74) is -1.24. The van der Waals surface area contributed by atoms with E-state index in [1.54, 1.807) is 0 Å². The molecule has 86 valence electrons. The smallest absolute Gasteiger partial charge is 0.314 e. The third kappa shape index (κ3) is 1.40. The number of benzene rings is 1. The van der Waals surface area contributed by atoms with E-state index in [0.29, 0.717) is 12.8 Å². The van der Waals surface area contributed by atoms with Crippen LogP contribution in [-0.2, 0) is 10.2 Å². The Balaban J connectivity index is 2.56. The molecule has 1 N–H and O–H groups in total. The van der Waals surface area contributed by atoms with Crippen LogP contribution in [0.5, 0.6) is 0 Å². The molecule has 2 nitrogen and oxygen atoms in total. The molecule has 1 saturated carbocycles. The number of carbonyl (C=O) groups is 1. The fourth-order valence-corrected chi connectivity index (χ4v) is 2.19. The zero-order chi connectivity index (χ0) is 11.9. The van der Waals surface area contributed by atoms with Crippen molar-refractivity contribution in [2.45, 2.75) is 24.7 Å². The molecule has 0 heterocycles. The lowest BCUT2D eigenvalue weighted by atomic mass is 9.64. The van der Waals surface area contributed by atoms with Gasteiger partial charge in [-0.25, -0.2) is 8.78 Å². The average molecular weight is 247 g/mol. The Labute approximate surface area is 95.8 Å². The Bertz CT molecular complexity index is 456. The number of carboxylic acid groups (broad SMARTS) is 1. The van der Waals surface area contributed by atoms with E-state index in [9.17, 15) is 13.6 Å². The molecule has 0 saturated heterocycles. The predicted octanol–water partition coefficient (Wildman–Crippen LogP) is 3.12. The summed E-state index contributed by atoms with van der Waals surface area (Å²) in [5.74, 6) is -2.91. The lowest BCUT2D eigenvalue weighted by molar-refractivity contribution is -0.147. The summed E-state index contributed by atoms with van der Waals surface area (Å²) in [5, 5.41) is 8.48. The lowest BCUT2D eigenvalue weighted by Crippen LogP contribution is -2.43. The van der Waals surface area contributed by atoms with Gasteiger partial charge in [0.25, 0.3) is 0 Å². The largest absolute Gasteiger partial charge is 0.481 e. The SMILES string of the molecule is O=C(O)C1(c2ccc(F)c(Cl)c2F)CCC1. The number of halogens is 3. The number of carboxylic acids is 1. The molecule has 0 aromatic heterocycles. The summed E-state index contributed by atoms with van der Waals surface area (Å²) in [6.45, 7) is 0. The molecule has 1 aliphatic carbocycles. The number of hydrogen-bond donors (Lipinski definition) is 1. The second kappa shape index (κ2) is 3.70. The van der Waals surface area contributed by atoms with E-state index in [-0.39, 0.29) is 5.56 Å². The molecular formula is C11H9ClF2O2. The molecule has 0 amide bonds. The van der Waals surface area contributed by atoms with E-state index in [1.807, 2.05) is 0 Å². The van der Waals surface area contributed by atoms with Crippen molar-refractivity contribution < 1.29 is 18.7 Å². The molecule has 1 aromatic carbocycles. The van der Waals surface area contributed by atoms with Gasteiger partial charge in [-0.15, -0.1) is 0 Å². The molecule has 1 fully saturated rings. The van der Waals surface area contributed by atoms with Gasteiger partial charge in [-0.1, -0.05) is 24.1 Å². The summed E-state index contributed by atoms with van der Waals surface area (Å²) in [6.07, 6.45) is 1.45. The molecule has 1 aliphatic rings. The minimum Gasteiger partial charge on any atom is -0.481 e. The van der Waals surface area contributed by atoms with Gasteiger partial charge in [0.2, 0.25) is 0 Å². The highest BCUT2D eigenvalue weighted by atomic mass is 35.5. The number of rotatable bonds is 2. The Hall–Kier alpha value is -1.16. The van der Waals surface area contributed by atoms with Crippen molar-refractivity contribution in [2.24, 2.45) is 0 Å². The van der Waals surface area contributed by atoms with Crippen LogP contribution in [0, 0.1) is 11.6 Å². The average Bonchev–Trinajstić information content (AvgIpc) is 2.16. The zero-order valence-corrected chi connectivity index (χ0v) is 9.02. The highest BCUT2D eigenvalue weighted by Crippen LogP contribution is 2.46. The quantitative estimate of drug-likeness (QED) is 0.814. The van der Waals surface area contributed by atoms with E-state index in [2.05, 4.69) is 0 Å². The van der Waals surface area contributed by atoms with E-state index in [1.165, 1.54) is 6.07 Å². The van der Waals surface area contributed by atoms with Crippen LogP contribution in [0.25, 0.3) is 0 Å². The highest BCUT2D eigenvalue weighted by Gasteiger charge is 2.48. The Morgan fingerprint density at radius 2 is 2.00 bits per heavy atom. The van der Waals surface area contributed by atoms with Gasteiger partial charge in [0.1, 0.15) is 16.7 Å². The van der Waals surface area contributed by atoms with Crippen LogP contribution in [-0.4, -0.2) is 11.1 Å². The molecule has 0 spiro atoms. The van der Waals surface area contributed by atoms with Crippen LogP contribution in [0.4, 0.5) is 8.78 Å². The van der Waals surface area contributed by atoms with Crippen molar-refractivity contribution in [3.05, 3.63) is 34.4 Å². The normalized spacial score (nSPS) is 17.9. The molecular weight excluding hydrogens is 238 g/mol. The van der Waals surface area contributed by atoms with Crippen LogP contribution in [0.2, 0.25) is 5.02 Å². The fraction of sp³-hybridized carbons (Fsp3) is 0.364. The van der Waals surface area contributed by atoms with Gasteiger partial charge in [0, 0.05) is 5.56 Å². The molecule has 5 heteroatoms. The van der Waals surface area contributed by atoms with E-state index in [0.717, 1.165) is 12.5 Å². The van der Waals surface area contributed by atoms with Crippen molar-refractivity contribution in [3.63, 3.8) is 0 Å². The monoisotopic (exact) mass is 246 g/mol. The van der Waals surface area contributed by atoms with Gasteiger partial charge in [0.05, 0.1) is 5.41 Å².